The summed E-state index contributed by atoms with van der Waals surface area (Å²) in [5, 5.41) is 0. The van der Waals surface area contributed by atoms with Gasteiger partial charge in [-0.25, -0.2) is 0 Å². The second-order valence-electron chi connectivity index (χ2n) is 5.81. The first-order valence-electron chi connectivity index (χ1n) is 7.25. The SMILES string of the molecule is CCc1ccc(CC(N)C2CC3CCC2O3)cc1. The summed E-state index contributed by atoms with van der Waals surface area (Å²) in [5.74, 6) is 0.578. The summed E-state index contributed by atoms with van der Waals surface area (Å²) >= 11 is 0. The van der Waals surface area contributed by atoms with Crippen molar-refractivity contribution in [2.75, 3.05) is 0 Å². The lowest BCUT2D eigenvalue weighted by Gasteiger charge is -2.25. The molecule has 4 atom stereocenters. The van der Waals surface area contributed by atoms with Crippen LogP contribution in [0.3, 0.4) is 0 Å². The third kappa shape index (κ3) is 2.32. The van der Waals surface area contributed by atoms with E-state index in [0.717, 1.165) is 12.8 Å². The van der Waals surface area contributed by atoms with E-state index in [1.165, 1.54) is 30.4 Å². The van der Waals surface area contributed by atoms with Gasteiger partial charge in [0, 0.05) is 12.0 Å². The minimum absolute atomic E-state index is 0.257. The molecule has 2 bridgehead atoms. The van der Waals surface area contributed by atoms with Gasteiger partial charge in [0.05, 0.1) is 12.2 Å². The van der Waals surface area contributed by atoms with Crippen LogP contribution in [0.1, 0.15) is 37.3 Å². The molecule has 18 heavy (non-hydrogen) atoms. The number of benzene rings is 1. The summed E-state index contributed by atoms with van der Waals surface area (Å²) in [5.41, 5.74) is 9.15. The zero-order chi connectivity index (χ0) is 12.5. The van der Waals surface area contributed by atoms with Crippen LogP contribution in [0.5, 0.6) is 0 Å². The fraction of sp³-hybridized carbons (Fsp3) is 0.625. The van der Waals surface area contributed by atoms with E-state index in [9.17, 15) is 0 Å². The lowest BCUT2D eigenvalue weighted by atomic mass is 9.82. The molecule has 0 amide bonds. The van der Waals surface area contributed by atoms with Gasteiger partial charge in [0.2, 0.25) is 0 Å². The molecule has 98 valence electrons. The van der Waals surface area contributed by atoms with Gasteiger partial charge in [-0.15, -0.1) is 0 Å². The Bertz CT molecular complexity index is 400. The van der Waals surface area contributed by atoms with E-state index in [4.69, 9.17) is 10.5 Å². The third-order valence-corrected chi connectivity index (χ3v) is 4.61. The van der Waals surface area contributed by atoms with Crippen molar-refractivity contribution in [3.05, 3.63) is 35.4 Å². The maximum atomic E-state index is 6.39. The second kappa shape index (κ2) is 5.02. The first-order chi connectivity index (χ1) is 8.76. The smallest absolute Gasteiger partial charge is 0.0623 e. The average molecular weight is 245 g/mol. The molecule has 0 aliphatic carbocycles. The number of fused-ring (bicyclic) bond motifs is 2. The lowest BCUT2D eigenvalue weighted by Crippen LogP contribution is -2.37. The first-order valence-corrected chi connectivity index (χ1v) is 7.25. The molecule has 0 spiro atoms. The molecule has 2 aliphatic heterocycles. The van der Waals surface area contributed by atoms with Crippen LogP contribution in [0.15, 0.2) is 24.3 Å². The van der Waals surface area contributed by atoms with Gasteiger partial charge in [0.25, 0.3) is 0 Å². The first kappa shape index (κ1) is 12.2. The molecule has 3 rings (SSSR count). The fourth-order valence-corrected chi connectivity index (χ4v) is 3.46. The Morgan fingerprint density at radius 2 is 1.94 bits per heavy atom. The van der Waals surface area contributed by atoms with Gasteiger partial charge < -0.3 is 10.5 Å². The zero-order valence-electron chi connectivity index (χ0n) is 11.1. The summed E-state index contributed by atoms with van der Waals surface area (Å²) in [6.07, 6.45) is 6.69. The minimum Gasteiger partial charge on any atom is -0.375 e. The summed E-state index contributed by atoms with van der Waals surface area (Å²) < 4.78 is 5.90. The van der Waals surface area contributed by atoms with E-state index in [-0.39, 0.29) is 6.04 Å². The summed E-state index contributed by atoms with van der Waals surface area (Å²) in [6.45, 7) is 2.19. The summed E-state index contributed by atoms with van der Waals surface area (Å²) in [4.78, 5) is 0. The van der Waals surface area contributed by atoms with Crippen LogP contribution in [0.4, 0.5) is 0 Å². The molecule has 0 saturated carbocycles. The molecule has 2 fully saturated rings. The molecule has 4 unspecified atom stereocenters. The predicted molar refractivity (Wildman–Crippen MR) is 73.5 cm³/mol. The molecule has 1 aromatic rings. The molecule has 1 aromatic carbocycles. The van der Waals surface area contributed by atoms with Crippen LogP contribution in [-0.2, 0) is 17.6 Å². The van der Waals surface area contributed by atoms with E-state index < -0.39 is 0 Å². The zero-order valence-corrected chi connectivity index (χ0v) is 11.1. The third-order valence-electron chi connectivity index (χ3n) is 4.61. The van der Waals surface area contributed by atoms with E-state index in [2.05, 4.69) is 31.2 Å². The standard InChI is InChI=1S/C16H23NO/c1-2-11-3-5-12(6-4-11)9-15(17)14-10-13-7-8-16(14)18-13/h3-6,13-16H,2,7-10,17H2,1H3. The number of nitrogens with two attached hydrogens (primary N) is 1. The number of rotatable bonds is 4. The van der Waals surface area contributed by atoms with Crippen LogP contribution in [0.25, 0.3) is 0 Å². The van der Waals surface area contributed by atoms with Crippen molar-refractivity contribution in [2.24, 2.45) is 11.7 Å². The highest BCUT2D eigenvalue weighted by Crippen LogP contribution is 2.40. The van der Waals surface area contributed by atoms with Gasteiger partial charge in [-0.05, 0) is 43.2 Å². The summed E-state index contributed by atoms with van der Waals surface area (Å²) in [6, 6.07) is 9.16. The molecule has 2 heteroatoms. The van der Waals surface area contributed by atoms with Crippen LogP contribution in [0.2, 0.25) is 0 Å². The normalized spacial score (nSPS) is 31.8. The van der Waals surface area contributed by atoms with E-state index in [1.54, 1.807) is 0 Å². The maximum absolute atomic E-state index is 6.39. The maximum Gasteiger partial charge on any atom is 0.0623 e. The molecule has 2 nitrogen and oxygen atoms in total. The van der Waals surface area contributed by atoms with Crippen molar-refractivity contribution < 1.29 is 4.74 Å². The van der Waals surface area contributed by atoms with Gasteiger partial charge in [-0.3, -0.25) is 0 Å². The molecule has 2 aliphatic rings. The monoisotopic (exact) mass is 245 g/mol. The molecule has 2 N–H and O–H groups in total. The highest BCUT2D eigenvalue weighted by atomic mass is 16.5. The number of ether oxygens (including phenoxy) is 1. The Labute approximate surface area is 110 Å². The Balaban J connectivity index is 1.61. The van der Waals surface area contributed by atoms with E-state index in [0.29, 0.717) is 18.1 Å². The van der Waals surface area contributed by atoms with E-state index in [1.807, 2.05) is 0 Å². The fourth-order valence-electron chi connectivity index (χ4n) is 3.46. The van der Waals surface area contributed by atoms with Crippen molar-refractivity contribution in [2.45, 2.75) is 57.3 Å². The molecular weight excluding hydrogens is 222 g/mol. The Hall–Kier alpha value is -0.860. The van der Waals surface area contributed by atoms with Crippen molar-refractivity contribution in [3.8, 4) is 0 Å². The number of hydrogen-bond acceptors (Lipinski definition) is 2. The second-order valence-corrected chi connectivity index (χ2v) is 5.81. The van der Waals surface area contributed by atoms with Gasteiger partial charge in [0.1, 0.15) is 0 Å². The molecular formula is C16H23NO. The van der Waals surface area contributed by atoms with Gasteiger partial charge in [-0.1, -0.05) is 31.2 Å². The Morgan fingerprint density at radius 1 is 1.22 bits per heavy atom. The quantitative estimate of drug-likeness (QED) is 0.885. The molecule has 0 radical (unpaired) electrons. The minimum atomic E-state index is 0.257. The van der Waals surface area contributed by atoms with Crippen molar-refractivity contribution >= 4 is 0 Å². The van der Waals surface area contributed by atoms with Crippen LogP contribution in [0, 0.1) is 5.92 Å². The highest BCUT2D eigenvalue weighted by Gasteiger charge is 2.43. The Morgan fingerprint density at radius 3 is 2.50 bits per heavy atom. The van der Waals surface area contributed by atoms with Crippen molar-refractivity contribution in [3.63, 3.8) is 0 Å². The Kier molecular flexibility index (Phi) is 3.40. The molecule has 0 aromatic heterocycles. The summed E-state index contributed by atoms with van der Waals surface area (Å²) in [7, 11) is 0. The topological polar surface area (TPSA) is 35.2 Å². The van der Waals surface area contributed by atoms with Crippen LogP contribution in [-0.4, -0.2) is 18.2 Å². The molecule has 2 heterocycles. The lowest BCUT2D eigenvalue weighted by molar-refractivity contribution is 0.0885. The average Bonchev–Trinajstić information content (AvgIpc) is 3.02. The van der Waals surface area contributed by atoms with Gasteiger partial charge >= 0.3 is 0 Å². The van der Waals surface area contributed by atoms with Crippen LogP contribution >= 0.6 is 0 Å². The number of aryl methyl sites for hydroxylation is 1. The van der Waals surface area contributed by atoms with Crippen molar-refractivity contribution in [1.29, 1.82) is 0 Å². The highest BCUT2D eigenvalue weighted by molar-refractivity contribution is 5.23. The van der Waals surface area contributed by atoms with E-state index >= 15 is 0 Å². The molecule has 2 saturated heterocycles. The van der Waals surface area contributed by atoms with Gasteiger partial charge in [0.15, 0.2) is 0 Å². The van der Waals surface area contributed by atoms with Crippen molar-refractivity contribution in [1.82, 2.24) is 0 Å². The van der Waals surface area contributed by atoms with Gasteiger partial charge in [-0.2, -0.15) is 0 Å². The number of hydrogen-bond donors (Lipinski definition) is 1. The largest absolute Gasteiger partial charge is 0.375 e. The van der Waals surface area contributed by atoms with Crippen LogP contribution < -0.4 is 5.73 Å². The predicted octanol–water partition coefficient (Wildman–Crippen LogP) is 2.69.